The van der Waals surface area contributed by atoms with Crippen LogP contribution in [-0.4, -0.2) is 37.5 Å². The molecule has 1 saturated carbocycles. The van der Waals surface area contributed by atoms with Crippen molar-refractivity contribution in [1.82, 2.24) is 5.32 Å². The largest absolute Gasteiger partial charge is 0.409 e. The molecule has 21 heavy (non-hydrogen) atoms. The SMILES string of the molecule is CC(C)(C)C(NC(=O)CS(=O)(=O)C1CCCC1)C(F)(F)F. The van der Waals surface area contributed by atoms with Crippen molar-refractivity contribution in [2.45, 2.75) is 63.9 Å². The van der Waals surface area contributed by atoms with E-state index in [0.29, 0.717) is 12.8 Å². The normalized spacial score (nSPS) is 19.5. The molecule has 1 N–H and O–H groups in total. The van der Waals surface area contributed by atoms with Crippen LogP contribution in [0.2, 0.25) is 0 Å². The number of nitrogens with one attached hydrogen (secondary N) is 1. The molecule has 0 aromatic heterocycles. The second kappa shape index (κ2) is 6.14. The van der Waals surface area contributed by atoms with E-state index in [0.717, 1.165) is 12.8 Å². The molecular formula is C13H22F3NO3S. The predicted octanol–water partition coefficient (Wildman–Crippen LogP) is 2.44. The van der Waals surface area contributed by atoms with E-state index in [9.17, 15) is 26.4 Å². The zero-order valence-electron chi connectivity index (χ0n) is 12.5. The van der Waals surface area contributed by atoms with E-state index in [1.807, 2.05) is 5.32 Å². The van der Waals surface area contributed by atoms with Gasteiger partial charge < -0.3 is 5.32 Å². The van der Waals surface area contributed by atoms with Gasteiger partial charge in [0.05, 0.1) is 5.25 Å². The maximum atomic E-state index is 12.9. The maximum Gasteiger partial charge on any atom is 0.409 e. The smallest absolute Gasteiger partial charge is 0.343 e. The van der Waals surface area contributed by atoms with Gasteiger partial charge in [-0.1, -0.05) is 33.6 Å². The molecule has 124 valence electrons. The van der Waals surface area contributed by atoms with Gasteiger partial charge in [0.25, 0.3) is 0 Å². The number of amides is 1. The van der Waals surface area contributed by atoms with E-state index in [-0.39, 0.29) is 0 Å². The lowest BCUT2D eigenvalue weighted by molar-refractivity contribution is -0.180. The first-order chi connectivity index (χ1) is 9.34. The number of sulfone groups is 1. The number of hydrogen-bond donors (Lipinski definition) is 1. The van der Waals surface area contributed by atoms with Crippen LogP contribution in [0.3, 0.4) is 0 Å². The molecule has 1 unspecified atom stereocenters. The number of alkyl halides is 3. The topological polar surface area (TPSA) is 63.2 Å². The summed E-state index contributed by atoms with van der Waals surface area (Å²) < 4.78 is 62.8. The molecule has 1 atom stereocenters. The highest BCUT2D eigenvalue weighted by atomic mass is 32.2. The van der Waals surface area contributed by atoms with Gasteiger partial charge in [-0.15, -0.1) is 0 Å². The third kappa shape index (κ3) is 5.16. The van der Waals surface area contributed by atoms with Crippen LogP contribution in [0.1, 0.15) is 46.5 Å². The summed E-state index contributed by atoms with van der Waals surface area (Å²) in [5.41, 5.74) is -1.25. The van der Waals surface area contributed by atoms with Crippen molar-refractivity contribution in [2.75, 3.05) is 5.75 Å². The van der Waals surface area contributed by atoms with Crippen LogP contribution in [0, 0.1) is 5.41 Å². The average Bonchev–Trinajstić information content (AvgIpc) is 2.75. The second-order valence-electron chi connectivity index (χ2n) is 6.62. The van der Waals surface area contributed by atoms with Gasteiger partial charge in [-0.3, -0.25) is 4.79 Å². The monoisotopic (exact) mass is 329 g/mol. The quantitative estimate of drug-likeness (QED) is 0.861. The molecule has 1 aliphatic carbocycles. The predicted molar refractivity (Wildman–Crippen MR) is 73.5 cm³/mol. The van der Waals surface area contributed by atoms with Gasteiger partial charge in [0.1, 0.15) is 11.8 Å². The zero-order valence-corrected chi connectivity index (χ0v) is 13.3. The van der Waals surface area contributed by atoms with Crippen molar-refractivity contribution in [3.05, 3.63) is 0 Å². The van der Waals surface area contributed by atoms with Crippen molar-refractivity contribution in [3.63, 3.8) is 0 Å². The van der Waals surface area contributed by atoms with Crippen molar-refractivity contribution in [3.8, 4) is 0 Å². The summed E-state index contributed by atoms with van der Waals surface area (Å²) in [4.78, 5) is 11.7. The Morgan fingerprint density at radius 3 is 2.05 bits per heavy atom. The number of halogens is 3. The van der Waals surface area contributed by atoms with Gasteiger partial charge in [0.2, 0.25) is 5.91 Å². The van der Waals surface area contributed by atoms with Gasteiger partial charge in [-0.25, -0.2) is 8.42 Å². The van der Waals surface area contributed by atoms with Crippen LogP contribution >= 0.6 is 0 Å². The first kappa shape index (κ1) is 18.3. The van der Waals surface area contributed by atoms with Crippen LogP contribution < -0.4 is 5.32 Å². The molecule has 0 saturated heterocycles. The van der Waals surface area contributed by atoms with Crippen LogP contribution in [0.5, 0.6) is 0 Å². The van der Waals surface area contributed by atoms with E-state index in [4.69, 9.17) is 0 Å². The Labute approximate surface area is 123 Å². The Bertz CT molecular complexity index is 460. The average molecular weight is 329 g/mol. The summed E-state index contributed by atoms with van der Waals surface area (Å²) in [6.45, 7) is 4.03. The molecule has 0 radical (unpaired) electrons. The lowest BCUT2D eigenvalue weighted by atomic mass is 9.86. The molecule has 4 nitrogen and oxygen atoms in total. The Morgan fingerprint density at radius 1 is 1.19 bits per heavy atom. The molecule has 0 aromatic rings. The molecule has 0 spiro atoms. The molecule has 0 aliphatic heterocycles. The minimum absolute atomic E-state index is 0.484. The molecule has 0 bridgehead atoms. The van der Waals surface area contributed by atoms with Gasteiger partial charge in [-0.2, -0.15) is 13.2 Å². The van der Waals surface area contributed by atoms with Gasteiger partial charge >= 0.3 is 6.18 Å². The highest BCUT2D eigenvalue weighted by Gasteiger charge is 2.48. The Hall–Kier alpha value is -0.790. The van der Waals surface area contributed by atoms with Gasteiger partial charge in [0.15, 0.2) is 9.84 Å². The summed E-state index contributed by atoms with van der Waals surface area (Å²) in [5.74, 6) is -1.96. The summed E-state index contributed by atoms with van der Waals surface area (Å²) in [5, 5.41) is 1.24. The maximum absolute atomic E-state index is 12.9. The van der Waals surface area contributed by atoms with E-state index < -0.39 is 44.4 Å². The van der Waals surface area contributed by atoms with E-state index in [1.54, 1.807) is 0 Å². The minimum Gasteiger partial charge on any atom is -0.343 e. The Morgan fingerprint density at radius 2 is 1.67 bits per heavy atom. The molecule has 1 fully saturated rings. The van der Waals surface area contributed by atoms with Crippen LogP contribution in [-0.2, 0) is 14.6 Å². The highest BCUT2D eigenvalue weighted by Crippen LogP contribution is 2.33. The first-order valence-corrected chi connectivity index (χ1v) is 8.63. The second-order valence-corrected chi connectivity index (χ2v) is 8.90. The summed E-state index contributed by atoms with van der Waals surface area (Å²) in [6.07, 6.45) is -2.10. The third-order valence-corrected chi connectivity index (χ3v) is 5.79. The molecular weight excluding hydrogens is 307 g/mol. The van der Waals surface area contributed by atoms with E-state index >= 15 is 0 Å². The van der Waals surface area contributed by atoms with Crippen LogP contribution in [0.15, 0.2) is 0 Å². The minimum atomic E-state index is -4.62. The van der Waals surface area contributed by atoms with E-state index in [1.165, 1.54) is 20.8 Å². The van der Waals surface area contributed by atoms with Crippen molar-refractivity contribution >= 4 is 15.7 Å². The van der Waals surface area contributed by atoms with Crippen molar-refractivity contribution in [2.24, 2.45) is 5.41 Å². The third-order valence-electron chi connectivity index (χ3n) is 3.64. The summed E-state index contributed by atoms with van der Waals surface area (Å²) in [7, 11) is -3.68. The lowest BCUT2D eigenvalue weighted by Gasteiger charge is -2.33. The molecule has 1 aliphatic rings. The Balaban J connectivity index is 2.75. The fourth-order valence-corrected chi connectivity index (χ4v) is 4.28. The number of carbonyl (C=O) groups is 1. The van der Waals surface area contributed by atoms with Gasteiger partial charge in [0, 0.05) is 0 Å². The molecule has 0 aromatic carbocycles. The van der Waals surface area contributed by atoms with Crippen LogP contribution in [0.4, 0.5) is 13.2 Å². The Kier molecular flexibility index (Phi) is 5.34. The number of hydrogen-bond acceptors (Lipinski definition) is 3. The fourth-order valence-electron chi connectivity index (χ4n) is 2.54. The van der Waals surface area contributed by atoms with Crippen molar-refractivity contribution < 1.29 is 26.4 Å². The molecule has 1 amide bonds. The first-order valence-electron chi connectivity index (χ1n) is 6.91. The molecule has 8 heteroatoms. The summed E-state index contributed by atoms with van der Waals surface area (Å²) >= 11 is 0. The number of rotatable bonds is 4. The standard InChI is InChI=1S/C13H22F3NO3S/c1-12(2,3)11(13(14,15)16)17-10(18)8-21(19,20)9-6-4-5-7-9/h9,11H,4-8H2,1-3H3,(H,17,18). The highest BCUT2D eigenvalue weighted by molar-refractivity contribution is 7.92. The fraction of sp³-hybridized carbons (Fsp3) is 0.923. The molecule has 0 heterocycles. The van der Waals surface area contributed by atoms with Crippen LogP contribution in [0.25, 0.3) is 0 Å². The zero-order chi connectivity index (χ0) is 16.5. The summed E-state index contributed by atoms with van der Waals surface area (Å²) in [6, 6.07) is -2.07. The number of carbonyl (C=O) groups excluding carboxylic acids is 1. The molecule has 1 rings (SSSR count). The lowest BCUT2D eigenvalue weighted by Crippen LogP contribution is -2.54. The van der Waals surface area contributed by atoms with Crippen molar-refractivity contribution in [1.29, 1.82) is 0 Å². The van der Waals surface area contributed by atoms with Gasteiger partial charge in [-0.05, 0) is 18.3 Å². The van der Waals surface area contributed by atoms with E-state index in [2.05, 4.69) is 0 Å².